The van der Waals surface area contributed by atoms with Gasteiger partial charge in [-0.05, 0) is 31.7 Å². The van der Waals surface area contributed by atoms with Crippen LogP contribution >= 0.6 is 11.6 Å². The summed E-state index contributed by atoms with van der Waals surface area (Å²) in [6, 6.07) is 3.34. The van der Waals surface area contributed by atoms with Crippen molar-refractivity contribution in [3.05, 3.63) is 29.0 Å². The largest absolute Gasteiger partial charge is 0.481 e. The number of carbonyl (C=O) groups excluding carboxylic acids is 2. The van der Waals surface area contributed by atoms with Crippen molar-refractivity contribution >= 4 is 23.4 Å². The standard InChI is InChI=1S/C23H30ClN5O4/c1-33-20-11-16(17(24)13-25-20)18-12-19(28-27-18)22(31)29-9-5-15(6-10-29)21(30)26-14-23(32)7-3-2-4-8-23/h11-13,15,32H,2-10,14H2,1H3,(H,26,30)(H,27,28). The smallest absolute Gasteiger partial charge is 0.274 e. The fourth-order valence-corrected chi connectivity index (χ4v) is 4.80. The minimum Gasteiger partial charge on any atom is -0.481 e. The van der Waals surface area contributed by atoms with Crippen molar-refractivity contribution in [2.75, 3.05) is 26.7 Å². The van der Waals surface area contributed by atoms with Gasteiger partial charge in [0.25, 0.3) is 5.91 Å². The number of hydrogen-bond acceptors (Lipinski definition) is 6. The molecule has 0 spiro atoms. The summed E-state index contributed by atoms with van der Waals surface area (Å²) < 4.78 is 5.14. The van der Waals surface area contributed by atoms with Gasteiger partial charge in [-0.1, -0.05) is 30.9 Å². The van der Waals surface area contributed by atoms with Crippen molar-refractivity contribution < 1.29 is 19.4 Å². The molecule has 1 aliphatic heterocycles. The van der Waals surface area contributed by atoms with Crippen molar-refractivity contribution in [2.24, 2.45) is 5.92 Å². The molecule has 2 amide bonds. The Bertz CT molecular complexity index is 996. The van der Waals surface area contributed by atoms with E-state index in [9.17, 15) is 14.7 Å². The van der Waals surface area contributed by atoms with Crippen molar-refractivity contribution in [3.8, 4) is 17.1 Å². The van der Waals surface area contributed by atoms with Crippen LogP contribution in [0.2, 0.25) is 5.02 Å². The molecule has 9 nitrogen and oxygen atoms in total. The number of halogens is 1. The first-order chi connectivity index (χ1) is 15.9. The van der Waals surface area contributed by atoms with Crippen LogP contribution in [0, 0.1) is 5.92 Å². The Kier molecular flexibility index (Phi) is 7.19. The van der Waals surface area contributed by atoms with Crippen molar-refractivity contribution in [2.45, 2.75) is 50.5 Å². The first-order valence-electron chi connectivity index (χ1n) is 11.4. The number of likely N-dealkylation sites (tertiary alicyclic amines) is 1. The average molecular weight is 476 g/mol. The number of aromatic nitrogens is 3. The molecular weight excluding hydrogens is 446 g/mol. The number of amides is 2. The molecule has 1 saturated heterocycles. The van der Waals surface area contributed by atoms with Gasteiger partial charge in [0.15, 0.2) is 5.69 Å². The van der Waals surface area contributed by atoms with Gasteiger partial charge in [-0.2, -0.15) is 5.10 Å². The number of aliphatic hydroxyl groups is 1. The Hall–Kier alpha value is -2.65. The highest BCUT2D eigenvalue weighted by Gasteiger charge is 2.32. The lowest BCUT2D eigenvalue weighted by Crippen LogP contribution is -2.48. The molecule has 1 aliphatic carbocycles. The quantitative estimate of drug-likeness (QED) is 0.590. The fourth-order valence-electron chi connectivity index (χ4n) is 4.60. The molecule has 178 valence electrons. The Balaban J connectivity index is 1.31. The number of ether oxygens (including phenoxy) is 1. The number of piperidine rings is 1. The molecule has 33 heavy (non-hydrogen) atoms. The van der Waals surface area contributed by atoms with E-state index >= 15 is 0 Å². The molecule has 0 unspecified atom stereocenters. The van der Waals surface area contributed by atoms with Crippen LogP contribution in [0.5, 0.6) is 5.88 Å². The number of methoxy groups -OCH3 is 1. The lowest BCUT2D eigenvalue weighted by atomic mass is 9.84. The highest BCUT2D eigenvalue weighted by molar-refractivity contribution is 6.33. The molecule has 0 bridgehead atoms. The van der Waals surface area contributed by atoms with E-state index in [4.69, 9.17) is 16.3 Å². The summed E-state index contributed by atoms with van der Waals surface area (Å²) in [5, 5.41) is 21.0. The number of nitrogens with one attached hydrogen (secondary N) is 2. The normalized spacial score (nSPS) is 18.7. The molecule has 0 aromatic carbocycles. The molecule has 2 fully saturated rings. The highest BCUT2D eigenvalue weighted by Crippen LogP contribution is 2.30. The van der Waals surface area contributed by atoms with Gasteiger partial charge in [0.05, 0.1) is 29.6 Å². The number of carbonyl (C=O) groups is 2. The summed E-state index contributed by atoms with van der Waals surface area (Å²) in [6.45, 7) is 1.27. The molecule has 0 atom stereocenters. The van der Waals surface area contributed by atoms with Crippen LogP contribution < -0.4 is 10.1 Å². The average Bonchev–Trinajstić information content (AvgIpc) is 3.33. The van der Waals surface area contributed by atoms with Gasteiger partial charge in [0.2, 0.25) is 11.8 Å². The predicted octanol–water partition coefficient (Wildman–Crippen LogP) is 2.80. The van der Waals surface area contributed by atoms with E-state index in [1.807, 2.05) is 0 Å². The molecule has 3 N–H and O–H groups in total. The Morgan fingerprint density at radius 3 is 2.70 bits per heavy atom. The van der Waals surface area contributed by atoms with E-state index in [2.05, 4.69) is 20.5 Å². The zero-order valence-electron chi connectivity index (χ0n) is 18.8. The van der Waals surface area contributed by atoms with Gasteiger partial charge in [-0.15, -0.1) is 0 Å². The Morgan fingerprint density at radius 2 is 2.00 bits per heavy atom. The summed E-state index contributed by atoms with van der Waals surface area (Å²) >= 11 is 6.24. The van der Waals surface area contributed by atoms with E-state index in [0.29, 0.717) is 60.3 Å². The van der Waals surface area contributed by atoms with Gasteiger partial charge < -0.3 is 20.1 Å². The van der Waals surface area contributed by atoms with Crippen molar-refractivity contribution in [1.82, 2.24) is 25.4 Å². The van der Waals surface area contributed by atoms with Gasteiger partial charge in [0.1, 0.15) is 0 Å². The van der Waals surface area contributed by atoms with Crippen LogP contribution in [-0.4, -0.2) is 69.3 Å². The predicted molar refractivity (Wildman–Crippen MR) is 123 cm³/mol. The maximum Gasteiger partial charge on any atom is 0.274 e. The SMILES string of the molecule is COc1cc(-c2cc(C(=O)N3CCC(C(=O)NCC4(O)CCCCC4)CC3)n[nH]2)c(Cl)cn1. The number of rotatable bonds is 6. The third-order valence-electron chi connectivity index (χ3n) is 6.66. The number of hydrogen-bond donors (Lipinski definition) is 3. The second kappa shape index (κ2) is 10.1. The zero-order valence-corrected chi connectivity index (χ0v) is 19.5. The van der Waals surface area contributed by atoms with Crippen LogP contribution in [0.4, 0.5) is 0 Å². The Morgan fingerprint density at radius 1 is 1.27 bits per heavy atom. The second-order valence-electron chi connectivity index (χ2n) is 8.94. The van der Waals surface area contributed by atoms with E-state index in [-0.39, 0.29) is 17.7 Å². The molecular formula is C23H30ClN5O4. The van der Waals surface area contributed by atoms with Crippen LogP contribution in [0.15, 0.2) is 18.3 Å². The van der Waals surface area contributed by atoms with Crippen LogP contribution in [0.25, 0.3) is 11.3 Å². The van der Waals surface area contributed by atoms with E-state index in [1.54, 1.807) is 17.0 Å². The molecule has 2 aromatic heterocycles. The minimum absolute atomic E-state index is 0.0376. The molecule has 2 aliphatic rings. The van der Waals surface area contributed by atoms with Crippen molar-refractivity contribution in [3.63, 3.8) is 0 Å². The molecule has 10 heteroatoms. The Labute approximate surface area is 197 Å². The summed E-state index contributed by atoms with van der Waals surface area (Å²) in [5.74, 6) is 0.0290. The minimum atomic E-state index is -0.774. The number of nitrogens with zero attached hydrogens (tertiary/aromatic N) is 3. The number of aromatic amines is 1. The first kappa shape index (κ1) is 23.5. The zero-order chi connectivity index (χ0) is 23.4. The second-order valence-corrected chi connectivity index (χ2v) is 9.35. The fraction of sp³-hybridized carbons (Fsp3) is 0.565. The first-order valence-corrected chi connectivity index (χ1v) is 11.8. The van der Waals surface area contributed by atoms with Gasteiger partial charge in [0, 0.05) is 37.2 Å². The summed E-state index contributed by atoms with van der Waals surface area (Å²) in [7, 11) is 1.52. The van der Waals surface area contributed by atoms with E-state index < -0.39 is 5.60 Å². The van der Waals surface area contributed by atoms with Gasteiger partial charge >= 0.3 is 0 Å². The van der Waals surface area contributed by atoms with Crippen LogP contribution in [-0.2, 0) is 4.79 Å². The van der Waals surface area contributed by atoms with E-state index in [0.717, 1.165) is 32.1 Å². The molecule has 2 aromatic rings. The van der Waals surface area contributed by atoms with Gasteiger partial charge in [-0.3, -0.25) is 14.7 Å². The highest BCUT2D eigenvalue weighted by atomic mass is 35.5. The maximum absolute atomic E-state index is 12.9. The summed E-state index contributed by atoms with van der Waals surface area (Å²) in [6.07, 6.45) is 7.28. The number of pyridine rings is 1. The topological polar surface area (TPSA) is 120 Å². The number of H-pyrrole nitrogens is 1. The van der Waals surface area contributed by atoms with Gasteiger partial charge in [-0.25, -0.2) is 4.98 Å². The summed E-state index contributed by atoms with van der Waals surface area (Å²) in [4.78, 5) is 31.3. The monoisotopic (exact) mass is 475 g/mol. The molecule has 4 rings (SSSR count). The lowest BCUT2D eigenvalue weighted by molar-refractivity contribution is -0.128. The third-order valence-corrected chi connectivity index (χ3v) is 6.96. The van der Waals surface area contributed by atoms with Crippen LogP contribution in [0.1, 0.15) is 55.4 Å². The van der Waals surface area contributed by atoms with E-state index in [1.165, 1.54) is 13.3 Å². The molecule has 0 radical (unpaired) electrons. The molecule has 1 saturated carbocycles. The third kappa shape index (κ3) is 5.47. The molecule has 3 heterocycles. The lowest BCUT2D eigenvalue weighted by Gasteiger charge is -2.34. The van der Waals surface area contributed by atoms with Crippen LogP contribution in [0.3, 0.4) is 0 Å². The van der Waals surface area contributed by atoms with Crippen molar-refractivity contribution in [1.29, 1.82) is 0 Å². The maximum atomic E-state index is 12.9. The summed E-state index contributed by atoms with van der Waals surface area (Å²) in [5.41, 5.74) is 0.757.